The molecular weight excluding hydrogens is 256 g/mol. The third kappa shape index (κ3) is 3.78. The number of aromatic nitrogens is 1. The smallest absolute Gasteiger partial charge is 0.125 e. The second-order valence-corrected chi connectivity index (χ2v) is 5.57. The monoisotopic (exact) mass is 276 g/mol. The predicted molar refractivity (Wildman–Crippen MR) is 79.7 cm³/mol. The molecule has 1 aromatic heterocycles. The van der Waals surface area contributed by atoms with Crippen molar-refractivity contribution in [1.82, 2.24) is 10.3 Å². The van der Waals surface area contributed by atoms with Crippen LogP contribution in [0.15, 0.2) is 23.8 Å². The third-order valence-corrected chi connectivity index (χ3v) is 3.69. The van der Waals surface area contributed by atoms with Gasteiger partial charge >= 0.3 is 0 Å². The van der Waals surface area contributed by atoms with E-state index in [-0.39, 0.29) is 0 Å². The third-order valence-electron chi connectivity index (χ3n) is 2.94. The molecule has 0 radical (unpaired) electrons. The summed E-state index contributed by atoms with van der Waals surface area (Å²) in [6, 6.07) is 4.38. The van der Waals surface area contributed by atoms with Gasteiger partial charge in [0, 0.05) is 12.7 Å². The van der Waals surface area contributed by atoms with E-state index in [0.717, 1.165) is 23.7 Å². The van der Waals surface area contributed by atoms with Gasteiger partial charge in [0.25, 0.3) is 0 Å². The Morgan fingerprint density at radius 1 is 1.26 bits per heavy atom. The first kappa shape index (κ1) is 14.0. The van der Waals surface area contributed by atoms with Crippen molar-refractivity contribution in [2.75, 3.05) is 6.54 Å². The van der Waals surface area contributed by atoms with Crippen LogP contribution in [-0.4, -0.2) is 11.5 Å². The number of hydrogen-bond donors (Lipinski definition) is 1. The van der Waals surface area contributed by atoms with Crippen molar-refractivity contribution in [2.45, 2.75) is 33.9 Å². The fourth-order valence-corrected chi connectivity index (χ4v) is 2.60. The Morgan fingerprint density at radius 3 is 2.58 bits per heavy atom. The molecule has 19 heavy (non-hydrogen) atoms. The molecule has 0 amide bonds. The van der Waals surface area contributed by atoms with Crippen molar-refractivity contribution in [2.24, 2.45) is 0 Å². The lowest BCUT2D eigenvalue weighted by atomic mass is 10.1. The van der Waals surface area contributed by atoms with Crippen LogP contribution >= 0.6 is 11.3 Å². The maximum atomic E-state index is 5.92. The maximum Gasteiger partial charge on any atom is 0.125 e. The molecule has 102 valence electrons. The van der Waals surface area contributed by atoms with Gasteiger partial charge in [0.15, 0.2) is 0 Å². The zero-order valence-corrected chi connectivity index (χ0v) is 12.5. The Kier molecular flexibility index (Phi) is 4.93. The molecule has 0 atom stereocenters. The number of hydrogen-bond acceptors (Lipinski definition) is 4. The molecule has 0 bridgehead atoms. The lowest BCUT2D eigenvalue weighted by molar-refractivity contribution is 0.305. The highest BCUT2D eigenvalue weighted by atomic mass is 32.1. The predicted octanol–water partition coefficient (Wildman–Crippen LogP) is 3.45. The maximum absolute atomic E-state index is 5.92. The van der Waals surface area contributed by atoms with Crippen molar-refractivity contribution in [3.05, 3.63) is 45.4 Å². The number of nitrogens with zero attached hydrogens (tertiary/aromatic N) is 1. The van der Waals surface area contributed by atoms with Crippen molar-refractivity contribution in [1.29, 1.82) is 0 Å². The number of ether oxygens (including phenoxy) is 1. The fraction of sp³-hybridized carbons (Fsp3) is 0.400. The van der Waals surface area contributed by atoms with Gasteiger partial charge < -0.3 is 10.1 Å². The van der Waals surface area contributed by atoms with Crippen LogP contribution in [0.4, 0.5) is 0 Å². The largest absolute Gasteiger partial charge is 0.487 e. The van der Waals surface area contributed by atoms with E-state index in [0.29, 0.717) is 6.61 Å². The second-order valence-electron chi connectivity index (χ2n) is 4.60. The normalized spacial score (nSPS) is 10.7. The Bertz CT molecular complexity index is 500. The van der Waals surface area contributed by atoms with Crippen LogP contribution < -0.4 is 10.1 Å². The second kappa shape index (κ2) is 6.68. The number of thiazole rings is 1. The number of nitrogens with one attached hydrogen (secondary N) is 1. The SMILES string of the molecule is CCNCc1cc(C)c(OCc2cncs2)c(C)c1. The van der Waals surface area contributed by atoms with Crippen LogP contribution in [0.3, 0.4) is 0 Å². The van der Waals surface area contributed by atoms with Crippen LogP contribution in [0.1, 0.15) is 28.5 Å². The zero-order valence-electron chi connectivity index (χ0n) is 11.7. The summed E-state index contributed by atoms with van der Waals surface area (Å²) in [5, 5.41) is 3.35. The molecule has 0 unspecified atom stereocenters. The number of rotatable bonds is 6. The summed E-state index contributed by atoms with van der Waals surface area (Å²) < 4.78 is 5.92. The van der Waals surface area contributed by atoms with Gasteiger partial charge in [-0.25, -0.2) is 0 Å². The molecule has 0 saturated carbocycles. The molecule has 1 heterocycles. The molecule has 1 aromatic carbocycles. The van der Waals surface area contributed by atoms with Crippen LogP contribution in [0, 0.1) is 13.8 Å². The number of aryl methyl sites for hydroxylation is 2. The summed E-state index contributed by atoms with van der Waals surface area (Å²) in [5.41, 5.74) is 5.52. The summed E-state index contributed by atoms with van der Waals surface area (Å²) in [7, 11) is 0. The molecular formula is C15H20N2OS. The van der Waals surface area contributed by atoms with Gasteiger partial charge in [-0.15, -0.1) is 11.3 Å². The van der Waals surface area contributed by atoms with Crippen molar-refractivity contribution < 1.29 is 4.74 Å². The molecule has 0 aliphatic rings. The van der Waals surface area contributed by atoms with E-state index in [9.17, 15) is 0 Å². The van der Waals surface area contributed by atoms with Crippen molar-refractivity contribution in [3.63, 3.8) is 0 Å². The Balaban J connectivity index is 2.08. The van der Waals surface area contributed by atoms with E-state index in [1.54, 1.807) is 11.3 Å². The lowest BCUT2D eigenvalue weighted by Crippen LogP contribution is -2.12. The minimum atomic E-state index is 0.596. The molecule has 2 rings (SSSR count). The van der Waals surface area contributed by atoms with Crippen LogP contribution in [0.5, 0.6) is 5.75 Å². The Morgan fingerprint density at radius 2 is 2.00 bits per heavy atom. The van der Waals surface area contributed by atoms with Crippen LogP contribution in [0.25, 0.3) is 0 Å². The van der Waals surface area contributed by atoms with Crippen LogP contribution in [-0.2, 0) is 13.2 Å². The zero-order chi connectivity index (χ0) is 13.7. The first-order chi connectivity index (χ1) is 9.20. The van der Waals surface area contributed by atoms with Gasteiger partial charge in [0.1, 0.15) is 12.4 Å². The lowest BCUT2D eigenvalue weighted by Gasteiger charge is -2.13. The fourth-order valence-electron chi connectivity index (χ4n) is 2.10. The van der Waals surface area contributed by atoms with Crippen LogP contribution in [0.2, 0.25) is 0 Å². The summed E-state index contributed by atoms with van der Waals surface area (Å²) >= 11 is 1.62. The van der Waals surface area contributed by atoms with E-state index in [1.807, 2.05) is 11.7 Å². The van der Waals surface area contributed by atoms with E-state index in [2.05, 4.69) is 43.2 Å². The minimum absolute atomic E-state index is 0.596. The van der Waals surface area contributed by atoms with E-state index < -0.39 is 0 Å². The highest BCUT2D eigenvalue weighted by Gasteiger charge is 2.07. The highest BCUT2D eigenvalue weighted by Crippen LogP contribution is 2.26. The molecule has 0 saturated heterocycles. The minimum Gasteiger partial charge on any atom is -0.487 e. The molecule has 0 fully saturated rings. The van der Waals surface area contributed by atoms with E-state index in [4.69, 9.17) is 4.74 Å². The average molecular weight is 276 g/mol. The first-order valence-corrected chi connectivity index (χ1v) is 7.39. The standard InChI is InChI=1S/C15H20N2OS/c1-4-16-7-13-5-11(2)15(12(3)6-13)18-9-14-8-17-10-19-14/h5-6,8,10,16H,4,7,9H2,1-3H3. The van der Waals surface area contributed by atoms with E-state index in [1.165, 1.54) is 16.7 Å². The molecule has 0 aliphatic carbocycles. The molecule has 0 aliphatic heterocycles. The highest BCUT2D eigenvalue weighted by molar-refractivity contribution is 7.09. The number of benzene rings is 1. The molecule has 2 aromatic rings. The van der Waals surface area contributed by atoms with Gasteiger partial charge in [0.2, 0.25) is 0 Å². The molecule has 3 nitrogen and oxygen atoms in total. The van der Waals surface area contributed by atoms with Gasteiger partial charge in [-0.1, -0.05) is 19.1 Å². The molecule has 0 spiro atoms. The average Bonchev–Trinajstić information content (AvgIpc) is 2.88. The summed E-state index contributed by atoms with van der Waals surface area (Å²) in [6.07, 6.45) is 1.86. The van der Waals surface area contributed by atoms with E-state index >= 15 is 0 Å². The molecule has 1 N–H and O–H groups in total. The van der Waals surface area contributed by atoms with Gasteiger partial charge in [-0.3, -0.25) is 4.98 Å². The van der Waals surface area contributed by atoms with Crippen molar-refractivity contribution >= 4 is 11.3 Å². The summed E-state index contributed by atoms with van der Waals surface area (Å²) in [6.45, 7) is 8.81. The van der Waals surface area contributed by atoms with Gasteiger partial charge in [0.05, 0.1) is 10.4 Å². The topological polar surface area (TPSA) is 34.1 Å². The summed E-state index contributed by atoms with van der Waals surface area (Å²) in [5.74, 6) is 0.994. The molecule has 4 heteroatoms. The summed E-state index contributed by atoms with van der Waals surface area (Å²) in [4.78, 5) is 5.21. The quantitative estimate of drug-likeness (QED) is 0.877. The van der Waals surface area contributed by atoms with Crippen molar-refractivity contribution in [3.8, 4) is 5.75 Å². The van der Waals surface area contributed by atoms with Gasteiger partial charge in [-0.05, 0) is 37.1 Å². The Hall–Kier alpha value is -1.39. The van der Waals surface area contributed by atoms with Gasteiger partial charge in [-0.2, -0.15) is 0 Å². The first-order valence-electron chi connectivity index (χ1n) is 6.51. The Labute approximate surface area is 118 Å².